The molecule has 1 atom stereocenters. The molecule has 0 spiro atoms. The molecule has 0 saturated carbocycles. The second-order valence-electron chi connectivity index (χ2n) is 6.30. The maximum absolute atomic E-state index is 12.6. The van der Waals surface area contributed by atoms with Crippen molar-refractivity contribution in [2.45, 2.75) is 19.4 Å². The van der Waals surface area contributed by atoms with Gasteiger partial charge in [-0.3, -0.25) is 4.90 Å². The molecule has 4 nitrogen and oxygen atoms in total. The number of H-pyrrole nitrogens is 1. The lowest BCUT2D eigenvalue weighted by Crippen LogP contribution is -2.40. The van der Waals surface area contributed by atoms with E-state index in [1.807, 2.05) is 30.0 Å². The van der Waals surface area contributed by atoms with Crippen LogP contribution >= 0.6 is 31.9 Å². The summed E-state index contributed by atoms with van der Waals surface area (Å²) in [7, 11) is 0. The van der Waals surface area contributed by atoms with Gasteiger partial charge >= 0.3 is 6.09 Å². The lowest BCUT2D eigenvalue weighted by molar-refractivity contribution is 0.0932. The van der Waals surface area contributed by atoms with Crippen LogP contribution in [0.2, 0.25) is 0 Å². The smallest absolute Gasteiger partial charge is 0.410 e. The number of halogens is 2. The number of aromatic amines is 1. The monoisotopic (exact) mass is 476 g/mol. The average molecular weight is 478 g/mol. The minimum absolute atomic E-state index is 0.183. The van der Waals surface area contributed by atoms with Gasteiger partial charge < -0.3 is 9.72 Å². The van der Waals surface area contributed by atoms with Crippen LogP contribution in [0.1, 0.15) is 29.8 Å². The second-order valence-corrected chi connectivity index (χ2v) is 8.13. The minimum Gasteiger partial charge on any atom is -0.450 e. The first-order chi connectivity index (χ1) is 12.6. The van der Waals surface area contributed by atoms with Gasteiger partial charge in [0.1, 0.15) is 6.04 Å². The topological polar surface area (TPSA) is 45.3 Å². The number of fused-ring (bicyclic) bond motifs is 3. The molecule has 1 aliphatic rings. The normalized spacial score (nSPS) is 16.6. The molecule has 0 saturated heterocycles. The Hall–Kier alpha value is -1.79. The molecule has 2 aromatic carbocycles. The van der Waals surface area contributed by atoms with E-state index < -0.39 is 0 Å². The highest BCUT2D eigenvalue weighted by molar-refractivity contribution is 9.10. The molecule has 1 N–H and O–H groups in total. The first-order valence-electron chi connectivity index (χ1n) is 8.57. The lowest BCUT2D eigenvalue weighted by atomic mass is 9.93. The van der Waals surface area contributed by atoms with Crippen molar-refractivity contribution >= 4 is 48.9 Å². The molecular formula is C20H18Br2N2O2. The maximum atomic E-state index is 12.6. The Bertz CT molecular complexity index is 966. The Balaban J connectivity index is 1.88. The van der Waals surface area contributed by atoms with Gasteiger partial charge in [0.2, 0.25) is 0 Å². The molecule has 1 unspecified atom stereocenters. The SMILES string of the molecule is CCOC(=O)N1CCc2c([nH]c3ccc(Br)cc23)C1c1ccc(Br)cc1. The van der Waals surface area contributed by atoms with E-state index in [0.717, 1.165) is 32.1 Å². The lowest BCUT2D eigenvalue weighted by Gasteiger charge is -2.35. The molecule has 134 valence electrons. The summed E-state index contributed by atoms with van der Waals surface area (Å²) in [6, 6.07) is 14.2. The predicted octanol–water partition coefficient (Wildman–Crippen LogP) is 5.80. The fourth-order valence-electron chi connectivity index (χ4n) is 3.66. The summed E-state index contributed by atoms with van der Waals surface area (Å²) in [5, 5.41) is 1.21. The number of hydrogen-bond acceptors (Lipinski definition) is 2. The van der Waals surface area contributed by atoms with E-state index in [2.05, 4.69) is 61.1 Å². The van der Waals surface area contributed by atoms with E-state index >= 15 is 0 Å². The fraction of sp³-hybridized carbons (Fsp3) is 0.250. The summed E-state index contributed by atoms with van der Waals surface area (Å²) < 4.78 is 7.39. The van der Waals surface area contributed by atoms with E-state index in [9.17, 15) is 4.79 Å². The van der Waals surface area contributed by atoms with Crippen LogP contribution in [0.3, 0.4) is 0 Å². The molecule has 0 bridgehead atoms. The van der Waals surface area contributed by atoms with Gasteiger partial charge in [-0.2, -0.15) is 0 Å². The van der Waals surface area contributed by atoms with Gasteiger partial charge in [-0.15, -0.1) is 0 Å². The standard InChI is InChI=1S/C20H18Br2N2O2/c1-2-26-20(25)24-10-9-15-16-11-14(22)7-8-17(16)23-18(15)19(24)12-3-5-13(21)6-4-12/h3-8,11,19,23H,2,9-10H2,1H3. The van der Waals surface area contributed by atoms with Gasteiger partial charge in [0.05, 0.1) is 6.61 Å². The Kier molecular flexibility index (Phi) is 4.80. The third kappa shape index (κ3) is 3.05. The number of ether oxygens (including phenoxy) is 1. The van der Waals surface area contributed by atoms with Crippen molar-refractivity contribution in [2.24, 2.45) is 0 Å². The van der Waals surface area contributed by atoms with Gasteiger partial charge in [0, 0.05) is 32.1 Å². The number of aromatic nitrogens is 1. The zero-order valence-corrected chi connectivity index (χ0v) is 17.4. The Labute approximate surface area is 168 Å². The molecule has 26 heavy (non-hydrogen) atoms. The third-order valence-electron chi connectivity index (χ3n) is 4.78. The molecule has 4 rings (SSSR count). The van der Waals surface area contributed by atoms with Crippen LogP contribution in [0.25, 0.3) is 10.9 Å². The molecule has 2 heterocycles. The highest BCUT2D eigenvalue weighted by atomic mass is 79.9. The van der Waals surface area contributed by atoms with Crippen LogP contribution in [0.15, 0.2) is 51.4 Å². The molecule has 0 radical (unpaired) electrons. The largest absolute Gasteiger partial charge is 0.450 e. The summed E-state index contributed by atoms with van der Waals surface area (Å²) in [5.41, 5.74) is 4.49. The molecule has 0 aliphatic carbocycles. The molecule has 1 amide bonds. The number of carbonyl (C=O) groups excluding carboxylic acids is 1. The van der Waals surface area contributed by atoms with Gasteiger partial charge in [-0.05, 0) is 54.8 Å². The van der Waals surface area contributed by atoms with E-state index in [4.69, 9.17) is 4.74 Å². The number of nitrogens with zero attached hydrogens (tertiary/aromatic N) is 1. The third-order valence-corrected chi connectivity index (χ3v) is 5.80. The zero-order valence-electron chi connectivity index (χ0n) is 14.3. The quantitative estimate of drug-likeness (QED) is 0.507. The van der Waals surface area contributed by atoms with Crippen LogP contribution in [-0.4, -0.2) is 29.1 Å². The first-order valence-corrected chi connectivity index (χ1v) is 10.2. The molecule has 1 aliphatic heterocycles. The van der Waals surface area contributed by atoms with E-state index in [1.54, 1.807) is 0 Å². The number of rotatable bonds is 2. The first kappa shape index (κ1) is 17.6. The van der Waals surface area contributed by atoms with Crippen molar-refractivity contribution in [2.75, 3.05) is 13.2 Å². The van der Waals surface area contributed by atoms with Crippen LogP contribution in [0.4, 0.5) is 4.79 Å². The molecule has 1 aromatic heterocycles. The highest BCUT2D eigenvalue weighted by Crippen LogP contribution is 2.39. The van der Waals surface area contributed by atoms with E-state index in [1.165, 1.54) is 10.9 Å². The Morgan fingerprint density at radius 3 is 2.65 bits per heavy atom. The van der Waals surface area contributed by atoms with Crippen molar-refractivity contribution < 1.29 is 9.53 Å². The van der Waals surface area contributed by atoms with E-state index in [-0.39, 0.29) is 12.1 Å². The minimum atomic E-state index is -0.272. The van der Waals surface area contributed by atoms with Crippen molar-refractivity contribution in [3.8, 4) is 0 Å². The summed E-state index contributed by atoms with van der Waals surface area (Å²) in [4.78, 5) is 18.0. The van der Waals surface area contributed by atoms with Gasteiger partial charge in [-0.25, -0.2) is 4.79 Å². The number of benzene rings is 2. The van der Waals surface area contributed by atoms with Gasteiger partial charge in [-0.1, -0.05) is 44.0 Å². The van der Waals surface area contributed by atoms with Crippen LogP contribution < -0.4 is 0 Å². The second kappa shape index (κ2) is 7.08. The Morgan fingerprint density at radius 2 is 1.92 bits per heavy atom. The predicted molar refractivity (Wildman–Crippen MR) is 109 cm³/mol. The summed E-state index contributed by atoms with van der Waals surface area (Å²) >= 11 is 7.05. The molecular weight excluding hydrogens is 460 g/mol. The fourth-order valence-corrected chi connectivity index (χ4v) is 4.28. The summed E-state index contributed by atoms with van der Waals surface area (Å²) in [6.45, 7) is 2.84. The maximum Gasteiger partial charge on any atom is 0.410 e. The Morgan fingerprint density at radius 1 is 1.19 bits per heavy atom. The van der Waals surface area contributed by atoms with E-state index in [0.29, 0.717) is 13.2 Å². The van der Waals surface area contributed by atoms with Crippen molar-refractivity contribution in [1.29, 1.82) is 0 Å². The van der Waals surface area contributed by atoms with Crippen LogP contribution in [0.5, 0.6) is 0 Å². The number of amides is 1. The van der Waals surface area contributed by atoms with Gasteiger partial charge in [0.25, 0.3) is 0 Å². The van der Waals surface area contributed by atoms with Crippen molar-refractivity contribution in [1.82, 2.24) is 9.88 Å². The van der Waals surface area contributed by atoms with Crippen LogP contribution in [-0.2, 0) is 11.2 Å². The molecule has 3 aromatic rings. The van der Waals surface area contributed by atoms with Crippen molar-refractivity contribution in [3.63, 3.8) is 0 Å². The highest BCUT2D eigenvalue weighted by Gasteiger charge is 2.35. The average Bonchev–Trinajstić information content (AvgIpc) is 3.00. The molecule has 6 heteroatoms. The molecule has 0 fully saturated rings. The summed E-state index contributed by atoms with van der Waals surface area (Å²) in [5.74, 6) is 0. The number of hydrogen-bond donors (Lipinski definition) is 1. The summed E-state index contributed by atoms with van der Waals surface area (Å²) in [6.07, 6.45) is 0.531. The zero-order chi connectivity index (χ0) is 18.3. The van der Waals surface area contributed by atoms with Crippen LogP contribution in [0, 0.1) is 0 Å². The van der Waals surface area contributed by atoms with Gasteiger partial charge in [0.15, 0.2) is 0 Å². The number of nitrogens with one attached hydrogen (secondary N) is 1. The van der Waals surface area contributed by atoms with Crippen molar-refractivity contribution in [3.05, 3.63) is 68.2 Å². The number of carbonyl (C=O) groups is 1.